The highest BCUT2D eigenvalue weighted by Crippen LogP contribution is 2.27. The standard InChI is InChI=1S/C23H30ClN5O.HI/c1-25-22(30)18-8-5-7-17(15-18)12-13-27-23(26-2)28-19-9-6-14-29(16-19)21-11-4-3-10-20(21)24;/h3-5,7-8,10-11,15,19H,6,9,12-14,16H2,1-2H3,(H,25,30)(H2,26,27,28);1H. The van der Waals surface area contributed by atoms with Crippen molar-refractivity contribution in [2.45, 2.75) is 25.3 Å². The van der Waals surface area contributed by atoms with Crippen LogP contribution in [0, 0.1) is 0 Å². The zero-order valence-electron chi connectivity index (χ0n) is 18.0. The first-order valence-electron chi connectivity index (χ1n) is 10.4. The summed E-state index contributed by atoms with van der Waals surface area (Å²) in [5.74, 6) is 0.728. The molecule has 168 valence electrons. The van der Waals surface area contributed by atoms with Crippen molar-refractivity contribution in [3.8, 4) is 0 Å². The number of carbonyl (C=O) groups is 1. The Kier molecular flexibility index (Phi) is 10.4. The maximum atomic E-state index is 11.8. The molecule has 0 bridgehead atoms. The van der Waals surface area contributed by atoms with Crippen molar-refractivity contribution >= 4 is 53.1 Å². The molecule has 8 heteroatoms. The number of benzene rings is 2. The Morgan fingerprint density at radius 1 is 1.23 bits per heavy atom. The second kappa shape index (κ2) is 12.8. The maximum absolute atomic E-state index is 11.8. The molecule has 1 unspecified atom stereocenters. The van der Waals surface area contributed by atoms with E-state index in [0.29, 0.717) is 11.6 Å². The number of piperidine rings is 1. The van der Waals surface area contributed by atoms with Gasteiger partial charge in [0.05, 0.1) is 10.7 Å². The molecule has 0 aromatic heterocycles. The van der Waals surface area contributed by atoms with Crippen molar-refractivity contribution in [2.24, 2.45) is 4.99 Å². The Balaban J connectivity index is 0.00000341. The van der Waals surface area contributed by atoms with Crippen LogP contribution in [0.1, 0.15) is 28.8 Å². The Morgan fingerprint density at radius 2 is 2.03 bits per heavy atom. The van der Waals surface area contributed by atoms with Gasteiger partial charge in [-0.3, -0.25) is 9.79 Å². The van der Waals surface area contributed by atoms with E-state index in [2.05, 4.69) is 31.9 Å². The number of guanidine groups is 1. The van der Waals surface area contributed by atoms with Crippen molar-refractivity contribution in [1.82, 2.24) is 16.0 Å². The second-order valence-electron chi connectivity index (χ2n) is 7.41. The van der Waals surface area contributed by atoms with E-state index in [-0.39, 0.29) is 29.9 Å². The lowest BCUT2D eigenvalue weighted by atomic mass is 10.0. The first-order valence-corrected chi connectivity index (χ1v) is 10.8. The van der Waals surface area contributed by atoms with Crippen molar-refractivity contribution in [1.29, 1.82) is 0 Å². The normalized spacial score (nSPS) is 16.3. The third-order valence-corrected chi connectivity index (χ3v) is 5.62. The molecule has 31 heavy (non-hydrogen) atoms. The molecule has 1 amide bonds. The van der Waals surface area contributed by atoms with Crippen LogP contribution in [0.2, 0.25) is 5.02 Å². The fourth-order valence-electron chi connectivity index (χ4n) is 3.75. The Hall–Kier alpha value is -2.00. The van der Waals surface area contributed by atoms with Gasteiger partial charge in [-0.1, -0.05) is 35.9 Å². The SMILES string of the molecule is CN=C(NCCc1cccc(C(=O)NC)c1)NC1CCCN(c2ccccc2Cl)C1.I. The Morgan fingerprint density at radius 3 is 2.77 bits per heavy atom. The van der Waals surface area contributed by atoms with Crippen LogP contribution in [0.25, 0.3) is 0 Å². The van der Waals surface area contributed by atoms with E-state index in [4.69, 9.17) is 11.6 Å². The molecule has 2 aromatic rings. The quantitative estimate of drug-likeness (QED) is 0.289. The van der Waals surface area contributed by atoms with Crippen LogP contribution in [0.5, 0.6) is 0 Å². The highest BCUT2D eigenvalue weighted by Gasteiger charge is 2.22. The smallest absolute Gasteiger partial charge is 0.251 e. The van der Waals surface area contributed by atoms with Gasteiger partial charge in [-0.2, -0.15) is 0 Å². The number of nitrogens with one attached hydrogen (secondary N) is 3. The van der Waals surface area contributed by atoms with Gasteiger partial charge in [-0.15, -0.1) is 24.0 Å². The third-order valence-electron chi connectivity index (χ3n) is 5.30. The van der Waals surface area contributed by atoms with E-state index < -0.39 is 0 Å². The summed E-state index contributed by atoms with van der Waals surface area (Å²) in [5.41, 5.74) is 2.88. The highest BCUT2D eigenvalue weighted by atomic mass is 127. The number of rotatable bonds is 6. The van der Waals surface area contributed by atoms with Crippen LogP contribution in [0.4, 0.5) is 5.69 Å². The number of halogens is 2. The topological polar surface area (TPSA) is 68.8 Å². The largest absolute Gasteiger partial charge is 0.368 e. The molecule has 1 aliphatic rings. The molecular formula is C23H31ClIN5O. The molecule has 0 aliphatic carbocycles. The fraction of sp³-hybridized carbons (Fsp3) is 0.391. The molecule has 1 saturated heterocycles. The molecule has 0 saturated carbocycles. The molecule has 3 rings (SSSR count). The van der Waals surface area contributed by atoms with Crippen LogP contribution in [0.3, 0.4) is 0 Å². The van der Waals surface area contributed by atoms with Gasteiger partial charge in [-0.05, 0) is 49.1 Å². The summed E-state index contributed by atoms with van der Waals surface area (Å²) in [6, 6.07) is 16.0. The van der Waals surface area contributed by atoms with E-state index in [9.17, 15) is 4.79 Å². The van der Waals surface area contributed by atoms with Crippen LogP contribution in [0.15, 0.2) is 53.5 Å². The second-order valence-corrected chi connectivity index (χ2v) is 7.82. The van der Waals surface area contributed by atoms with Gasteiger partial charge in [0, 0.05) is 45.3 Å². The Labute approximate surface area is 206 Å². The molecule has 0 radical (unpaired) electrons. The molecule has 1 heterocycles. The lowest BCUT2D eigenvalue weighted by Gasteiger charge is -2.35. The summed E-state index contributed by atoms with van der Waals surface area (Å²) in [7, 11) is 3.43. The van der Waals surface area contributed by atoms with Crippen molar-refractivity contribution in [2.75, 3.05) is 38.6 Å². The fourth-order valence-corrected chi connectivity index (χ4v) is 4.00. The van der Waals surface area contributed by atoms with Gasteiger partial charge in [0.2, 0.25) is 0 Å². The Bertz CT molecular complexity index is 892. The van der Waals surface area contributed by atoms with E-state index in [1.165, 1.54) is 0 Å². The van der Waals surface area contributed by atoms with Crippen LogP contribution < -0.4 is 20.9 Å². The molecule has 3 N–H and O–H groups in total. The maximum Gasteiger partial charge on any atom is 0.251 e. The molecule has 0 spiro atoms. The summed E-state index contributed by atoms with van der Waals surface area (Å²) in [4.78, 5) is 18.5. The average molecular weight is 556 g/mol. The lowest BCUT2D eigenvalue weighted by molar-refractivity contribution is 0.0963. The summed E-state index contributed by atoms with van der Waals surface area (Å²) < 4.78 is 0. The minimum atomic E-state index is -0.0670. The van der Waals surface area contributed by atoms with Crippen molar-refractivity contribution in [3.05, 3.63) is 64.7 Å². The summed E-state index contributed by atoms with van der Waals surface area (Å²) in [5, 5.41) is 10.4. The number of hydrogen-bond acceptors (Lipinski definition) is 3. The first kappa shape index (κ1) is 25.3. The number of anilines is 1. The zero-order valence-corrected chi connectivity index (χ0v) is 21.1. The molecule has 2 aromatic carbocycles. The van der Waals surface area contributed by atoms with Crippen molar-refractivity contribution in [3.63, 3.8) is 0 Å². The number of amides is 1. The van der Waals surface area contributed by atoms with Gasteiger partial charge >= 0.3 is 0 Å². The van der Waals surface area contributed by atoms with E-state index in [1.54, 1.807) is 14.1 Å². The van der Waals surface area contributed by atoms with Crippen molar-refractivity contribution < 1.29 is 4.79 Å². The number of aliphatic imine (C=N–C) groups is 1. The van der Waals surface area contributed by atoms with E-state index >= 15 is 0 Å². The monoisotopic (exact) mass is 555 g/mol. The number of carbonyl (C=O) groups excluding carboxylic acids is 1. The highest BCUT2D eigenvalue weighted by molar-refractivity contribution is 14.0. The zero-order chi connectivity index (χ0) is 21.3. The predicted octanol–water partition coefficient (Wildman–Crippen LogP) is 3.69. The third kappa shape index (κ3) is 7.28. The van der Waals surface area contributed by atoms with Gasteiger partial charge in [0.15, 0.2) is 5.96 Å². The predicted molar refractivity (Wildman–Crippen MR) is 140 cm³/mol. The van der Waals surface area contributed by atoms with Gasteiger partial charge < -0.3 is 20.9 Å². The van der Waals surface area contributed by atoms with E-state index in [0.717, 1.165) is 61.1 Å². The van der Waals surface area contributed by atoms with Gasteiger partial charge in [0.1, 0.15) is 0 Å². The number of nitrogens with zero attached hydrogens (tertiary/aromatic N) is 2. The lowest BCUT2D eigenvalue weighted by Crippen LogP contribution is -2.51. The molecule has 1 aliphatic heterocycles. The molecule has 1 atom stereocenters. The molecular weight excluding hydrogens is 525 g/mol. The average Bonchev–Trinajstić information content (AvgIpc) is 2.78. The van der Waals surface area contributed by atoms with E-state index in [1.807, 2.05) is 42.5 Å². The van der Waals surface area contributed by atoms with Gasteiger partial charge in [0.25, 0.3) is 5.91 Å². The molecule has 1 fully saturated rings. The summed E-state index contributed by atoms with van der Waals surface area (Å²) in [6.07, 6.45) is 3.00. The summed E-state index contributed by atoms with van der Waals surface area (Å²) >= 11 is 6.38. The van der Waals surface area contributed by atoms with Crippen LogP contribution in [-0.4, -0.2) is 51.6 Å². The number of hydrogen-bond donors (Lipinski definition) is 3. The minimum absolute atomic E-state index is 0. The summed E-state index contributed by atoms with van der Waals surface area (Å²) in [6.45, 7) is 2.63. The number of para-hydroxylation sites is 1. The van der Waals surface area contributed by atoms with Crippen LogP contribution in [-0.2, 0) is 6.42 Å². The minimum Gasteiger partial charge on any atom is -0.368 e. The first-order chi connectivity index (χ1) is 14.6. The van der Waals surface area contributed by atoms with Crippen LogP contribution >= 0.6 is 35.6 Å². The molecule has 6 nitrogen and oxygen atoms in total. The van der Waals surface area contributed by atoms with Gasteiger partial charge in [-0.25, -0.2) is 0 Å².